The van der Waals surface area contributed by atoms with Crippen molar-refractivity contribution in [2.45, 2.75) is 0 Å². The molecule has 0 bridgehead atoms. The van der Waals surface area contributed by atoms with Gasteiger partial charge in [-0.1, -0.05) is 12.1 Å². The number of benzene rings is 2. The summed E-state index contributed by atoms with van der Waals surface area (Å²) in [5.41, 5.74) is 1.39. The maximum absolute atomic E-state index is 12.8. The zero-order valence-electron chi connectivity index (χ0n) is 14.3. The summed E-state index contributed by atoms with van der Waals surface area (Å²) >= 11 is 0. The Bertz CT molecular complexity index is 1330. The van der Waals surface area contributed by atoms with Crippen molar-refractivity contribution >= 4 is 28.4 Å². The second kappa shape index (κ2) is 5.95. The van der Waals surface area contributed by atoms with Crippen molar-refractivity contribution in [2.75, 3.05) is 4.90 Å². The molecule has 1 aliphatic rings. The second-order valence-electron chi connectivity index (χ2n) is 6.24. The summed E-state index contributed by atoms with van der Waals surface area (Å²) in [5.74, 6) is -0.768. The van der Waals surface area contributed by atoms with Crippen LogP contribution >= 0.6 is 0 Å². The SMILES string of the molecule is O=C1c2ccc(-c3nc4ccccc4c(=O)o3)cc2C(=O)N1c1ccncc1. The molecule has 0 atom stereocenters. The zero-order valence-corrected chi connectivity index (χ0v) is 14.3. The predicted octanol–water partition coefficient (Wildman–Crippen LogP) is 3.05. The Morgan fingerprint density at radius 3 is 2.39 bits per heavy atom. The number of rotatable bonds is 2. The zero-order chi connectivity index (χ0) is 19.3. The van der Waals surface area contributed by atoms with Gasteiger partial charge in [0.1, 0.15) is 0 Å². The molecular weight excluding hydrogens is 358 g/mol. The van der Waals surface area contributed by atoms with Crippen LogP contribution in [0.3, 0.4) is 0 Å². The highest BCUT2D eigenvalue weighted by atomic mass is 16.4. The Morgan fingerprint density at radius 2 is 1.57 bits per heavy atom. The van der Waals surface area contributed by atoms with E-state index in [-0.39, 0.29) is 17.0 Å². The standard InChI is InChI=1S/C21H11N3O4/c25-19-14-6-5-12(18-23-17-4-2-1-3-15(17)21(27)28-18)11-16(14)20(26)24(19)13-7-9-22-10-8-13/h1-11H. The molecule has 4 aromatic rings. The monoisotopic (exact) mass is 369 g/mol. The largest absolute Gasteiger partial charge is 0.403 e. The van der Waals surface area contributed by atoms with Crippen LogP contribution in [0.1, 0.15) is 20.7 Å². The van der Waals surface area contributed by atoms with Gasteiger partial charge in [-0.25, -0.2) is 14.7 Å². The van der Waals surface area contributed by atoms with Gasteiger partial charge in [-0.05, 0) is 42.5 Å². The van der Waals surface area contributed by atoms with E-state index in [1.54, 1.807) is 48.5 Å². The number of para-hydroxylation sites is 1. The van der Waals surface area contributed by atoms with Crippen LogP contribution in [-0.2, 0) is 0 Å². The highest BCUT2D eigenvalue weighted by Crippen LogP contribution is 2.31. The summed E-state index contributed by atoms with van der Waals surface area (Å²) in [5, 5.41) is 0.377. The van der Waals surface area contributed by atoms with Crippen molar-refractivity contribution in [1.82, 2.24) is 9.97 Å². The minimum atomic E-state index is -0.512. The molecular formula is C21H11N3O4. The van der Waals surface area contributed by atoms with E-state index >= 15 is 0 Å². The third kappa shape index (κ3) is 2.34. The third-order valence-corrected chi connectivity index (χ3v) is 4.59. The maximum Gasteiger partial charge on any atom is 0.347 e. The highest BCUT2D eigenvalue weighted by Gasteiger charge is 2.37. The van der Waals surface area contributed by atoms with Crippen LogP contribution in [0.4, 0.5) is 5.69 Å². The summed E-state index contributed by atoms with van der Waals surface area (Å²) in [6, 6.07) is 14.7. The van der Waals surface area contributed by atoms with Gasteiger partial charge < -0.3 is 4.42 Å². The van der Waals surface area contributed by atoms with Gasteiger partial charge in [0.05, 0.1) is 27.7 Å². The molecule has 28 heavy (non-hydrogen) atoms. The molecule has 2 aromatic heterocycles. The highest BCUT2D eigenvalue weighted by molar-refractivity contribution is 6.34. The molecule has 0 fully saturated rings. The molecule has 0 saturated carbocycles. The maximum atomic E-state index is 12.8. The van der Waals surface area contributed by atoms with Crippen LogP contribution in [0, 0.1) is 0 Å². The predicted molar refractivity (Wildman–Crippen MR) is 101 cm³/mol. The molecule has 1 aliphatic heterocycles. The van der Waals surface area contributed by atoms with Crippen molar-refractivity contribution in [2.24, 2.45) is 0 Å². The molecule has 0 radical (unpaired) electrons. The Kier molecular flexibility index (Phi) is 3.42. The number of aromatic nitrogens is 2. The van der Waals surface area contributed by atoms with Crippen LogP contribution < -0.4 is 10.5 Å². The van der Waals surface area contributed by atoms with Gasteiger partial charge in [-0.15, -0.1) is 0 Å². The average molecular weight is 369 g/mol. The number of fused-ring (bicyclic) bond motifs is 2. The third-order valence-electron chi connectivity index (χ3n) is 4.59. The number of nitrogens with zero attached hydrogens (tertiary/aromatic N) is 3. The molecule has 7 heteroatoms. The van der Waals surface area contributed by atoms with E-state index in [2.05, 4.69) is 9.97 Å². The number of hydrogen-bond acceptors (Lipinski definition) is 6. The Labute approximate surface area is 157 Å². The first-order valence-electron chi connectivity index (χ1n) is 8.46. The lowest BCUT2D eigenvalue weighted by Crippen LogP contribution is -2.29. The molecule has 134 valence electrons. The average Bonchev–Trinajstić information content (AvgIpc) is 2.98. The van der Waals surface area contributed by atoms with Crippen LogP contribution in [0.5, 0.6) is 0 Å². The summed E-state index contributed by atoms with van der Waals surface area (Å²) in [6.45, 7) is 0. The molecule has 5 rings (SSSR count). The van der Waals surface area contributed by atoms with Gasteiger partial charge in [-0.3, -0.25) is 14.6 Å². The lowest BCUT2D eigenvalue weighted by molar-refractivity contribution is 0.0926. The number of carbonyl (C=O) groups excluding carboxylic acids is 2. The molecule has 0 unspecified atom stereocenters. The number of carbonyl (C=O) groups is 2. The number of hydrogen-bond donors (Lipinski definition) is 0. The number of amides is 2. The number of pyridine rings is 1. The number of anilines is 1. The van der Waals surface area contributed by atoms with Gasteiger partial charge in [0.2, 0.25) is 5.89 Å². The molecule has 7 nitrogen and oxygen atoms in total. The molecule has 0 aliphatic carbocycles. The number of imide groups is 1. The molecule has 3 heterocycles. The van der Waals surface area contributed by atoms with Gasteiger partial charge in [0.25, 0.3) is 11.8 Å². The topological polar surface area (TPSA) is 93.4 Å². The smallest absolute Gasteiger partial charge is 0.347 e. The Balaban J connectivity index is 1.62. The van der Waals surface area contributed by atoms with E-state index in [1.165, 1.54) is 18.5 Å². The van der Waals surface area contributed by atoms with E-state index in [4.69, 9.17) is 4.42 Å². The van der Waals surface area contributed by atoms with Crippen molar-refractivity contribution in [3.05, 3.63) is 88.5 Å². The van der Waals surface area contributed by atoms with E-state index in [0.717, 1.165) is 4.90 Å². The first-order valence-corrected chi connectivity index (χ1v) is 8.46. The fraction of sp³-hybridized carbons (Fsp3) is 0. The molecule has 2 amide bonds. The Hall–Kier alpha value is -4.13. The summed E-state index contributed by atoms with van der Waals surface area (Å²) in [6.07, 6.45) is 3.02. The lowest BCUT2D eigenvalue weighted by Gasteiger charge is -2.12. The van der Waals surface area contributed by atoms with E-state index in [9.17, 15) is 14.4 Å². The summed E-state index contributed by atoms with van der Waals surface area (Å²) in [4.78, 5) is 47.1. The minimum Gasteiger partial charge on any atom is -0.403 e. The van der Waals surface area contributed by atoms with Gasteiger partial charge >= 0.3 is 5.63 Å². The van der Waals surface area contributed by atoms with E-state index in [1.807, 2.05) is 0 Å². The van der Waals surface area contributed by atoms with Crippen molar-refractivity contribution in [3.63, 3.8) is 0 Å². The first kappa shape index (κ1) is 16.1. The summed E-state index contributed by atoms with van der Waals surface area (Å²) in [7, 11) is 0. The van der Waals surface area contributed by atoms with Gasteiger partial charge in [0.15, 0.2) is 0 Å². The normalized spacial score (nSPS) is 13.2. The quantitative estimate of drug-likeness (QED) is 0.504. The molecule has 2 aromatic carbocycles. The fourth-order valence-corrected chi connectivity index (χ4v) is 3.24. The van der Waals surface area contributed by atoms with Crippen molar-refractivity contribution in [1.29, 1.82) is 0 Å². The van der Waals surface area contributed by atoms with Crippen LogP contribution in [0.2, 0.25) is 0 Å². The van der Waals surface area contributed by atoms with Gasteiger partial charge in [0, 0.05) is 18.0 Å². The van der Waals surface area contributed by atoms with E-state index < -0.39 is 17.4 Å². The first-order chi connectivity index (χ1) is 13.6. The van der Waals surface area contributed by atoms with E-state index in [0.29, 0.717) is 22.2 Å². The van der Waals surface area contributed by atoms with Gasteiger partial charge in [-0.2, -0.15) is 0 Å². The van der Waals surface area contributed by atoms with Crippen LogP contribution in [-0.4, -0.2) is 21.8 Å². The lowest BCUT2D eigenvalue weighted by atomic mass is 10.1. The molecule has 0 saturated heterocycles. The molecule has 0 N–H and O–H groups in total. The second-order valence-corrected chi connectivity index (χ2v) is 6.24. The minimum absolute atomic E-state index is 0.0918. The van der Waals surface area contributed by atoms with Crippen molar-refractivity contribution < 1.29 is 14.0 Å². The van der Waals surface area contributed by atoms with Crippen LogP contribution in [0.15, 0.2) is 76.2 Å². The van der Waals surface area contributed by atoms with Crippen LogP contribution in [0.25, 0.3) is 22.4 Å². The molecule has 0 spiro atoms. The summed E-state index contributed by atoms with van der Waals surface area (Å²) < 4.78 is 5.33. The Morgan fingerprint density at radius 1 is 0.821 bits per heavy atom. The fourth-order valence-electron chi connectivity index (χ4n) is 3.24. The van der Waals surface area contributed by atoms with Crippen molar-refractivity contribution in [3.8, 4) is 11.5 Å².